The van der Waals surface area contributed by atoms with Crippen LogP contribution in [0.3, 0.4) is 0 Å². The summed E-state index contributed by atoms with van der Waals surface area (Å²) >= 11 is 0. The topological polar surface area (TPSA) is 75.3 Å². The molecular formula is C16H15N3O3. The van der Waals surface area contributed by atoms with E-state index in [1.165, 1.54) is 4.90 Å². The summed E-state index contributed by atoms with van der Waals surface area (Å²) in [6, 6.07) is 14.0. The van der Waals surface area contributed by atoms with E-state index >= 15 is 0 Å². The summed E-state index contributed by atoms with van der Waals surface area (Å²) in [5.74, 6) is -1.03. The molecule has 0 saturated heterocycles. The van der Waals surface area contributed by atoms with Crippen LogP contribution < -0.4 is 4.90 Å². The number of carbonyl (C=O) groups excluding carboxylic acids is 2. The van der Waals surface area contributed by atoms with Gasteiger partial charge in [-0.2, -0.15) is 5.26 Å². The first-order valence-corrected chi connectivity index (χ1v) is 6.64. The maximum absolute atomic E-state index is 12.2. The van der Waals surface area contributed by atoms with Crippen LogP contribution in [-0.4, -0.2) is 29.6 Å². The fourth-order valence-electron chi connectivity index (χ4n) is 1.95. The highest BCUT2D eigenvalue weighted by Crippen LogP contribution is 2.13. The van der Waals surface area contributed by atoms with Crippen molar-refractivity contribution in [3.8, 4) is 6.07 Å². The smallest absolute Gasteiger partial charge is 0.355 e. The molecule has 0 radical (unpaired) electrons. The molecule has 0 fully saturated rings. The summed E-state index contributed by atoms with van der Waals surface area (Å²) in [5, 5.41) is 8.86. The molecule has 22 heavy (non-hydrogen) atoms. The molecule has 0 aliphatic rings. The number of para-hydroxylation sites is 1. The van der Waals surface area contributed by atoms with Crippen molar-refractivity contribution in [2.45, 2.75) is 0 Å². The number of rotatable bonds is 5. The molecule has 0 atom stereocenters. The van der Waals surface area contributed by atoms with E-state index in [9.17, 15) is 9.59 Å². The van der Waals surface area contributed by atoms with Gasteiger partial charge in [0.15, 0.2) is 6.61 Å². The molecule has 0 aliphatic heterocycles. The number of nitriles is 1. The number of aryl methyl sites for hydroxylation is 1. The van der Waals surface area contributed by atoms with E-state index in [4.69, 9.17) is 10.00 Å². The molecule has 1 heterocycles. The van der Waals surface area contributed by atoms with Crippen LogP contribution in [0.25, 0.3) is 0 Å². The van der Waals surface area contributed by atoms with Crippen molar-refractivity contribution in [2.24, 2.45) is 7.05 Å². The summed E-state index contributed by atoms with van der Waals surface area (Å²) in [5.41, 5.74) is 0.948. The Hall–Kier alpha value is -3.07. The van der Waals surface area contributed by atoms with Crippen LogP contribution in [0.4, 0.5) is 5.69 Å². The first kappa shape index (κ1) is 15.3. The SMILES string of the molecule is Cn1cccc1C(=O)OCC(=O)N(CC#N)c1ccccc1. The second-order valence-electron chi connectivity index (χ2n) is 4.55. The van der Waals surface area contributed by atoms with Gasteiger partial charge < -0.3 is 9.30 Å². The first-order chi connectivity index (χ1) is 10.6. The van der Waals surface area contributed by atoms with Gasteiger partial charge in [-0.15, -0.1) is 0 Å². The molecule has 6 nitrogen and oxygen atoms in total. The minimum Gasteiger partial charge on any atom is -0.451 e. The maximum Gasteiger partial charge on any atom is 0.355 e. The number of amides is 1. The van der Waals surface area contributed by atoms with Gasteiger partial charge in [0.2, 0.25) is 0 Å². The van der Waals surface area contributed by atoms with Crippen LogP contribution >= 0.6 is 0 Å². The first-order valence-electron chi connectivity index (χ1n) is 6.64. The van der Waals surface area contributed by atoms with Gasteiger partial charge in [0.25, 0.3) is 5.91 Å². The van der Waals surface area contributed by atoms with E-state index in [0.29, 0.717) is 11.4 Å². The van der Waals surface area contributed by atoms with E-state index in [-0.39, 0.29) is 6.54 Å². The van der Waals surface area contributed by atoms with E-state index in [1.807, 2.05) is 12.1 Å². The van der Waals surface area contributed by atoms with Gasteiger partial charge in [0.1, 0.15) is 12.2 Å². The lowest BCUT2D eigenvalue weighted by molar-refractivity contribution is -0.121. The van der Waals surface area contributed by atoms with Crippen molar-refractivity contribution in [1.82, 2.24) is 4.57 Å². The number of hydrogen-bond donors (Lipinski definition) is 0. The van der Waals surface area contributed by atoms with Gasteiger partial charge in [-0.25, -0.2) is 4.79 Å². The molecule has 0 bridgehead atoms. The predicted molar refractivity (Wildman–Crippen MR) is 80.1 cm³/mol. The summed E-state index contributed by atoms with van der Waals surface area (Å²) in [4.78, 5) is 25.3. The van der Waals surface area contributed by atoms with Gasteiger partial charge >= 0.3 is 5.97 Å². The number of nitrogens with zero attached hydrogens (tertiary/aromatic N) is 3. The standard InChI is InChI=1S/C16H15N3O3/c1-18-10-5-8-14(18)16(21)22-12-15(20)19(11-9-17)13-6-3-2-4-7-13/h2-8,10H,11-12H2,1H3. The van der Waals surface area contributed by atoms with Crippen molar-refractivity contribution in [1.29, 1.82) is 5.26 Å². The third kappa shape index (κ3) is 3.52. The van der Waals surface area contributed by atoms with Crippen LogP contribution in [0.15, 0.2) is 48.7 Å². The normalized spacial score (nSPS) is 9.82. The van der Waals surface area contributed by atoms with Crippen molar-refractivity contribution in [3.63, 3.8) is 0 Å². The monoisotopic (exact) mass is 297 g/mol. The summed E-state index contributed by atoms with van der Waals surface area (Å²) in [6.07, 6.45) is 1.71. The average Bonchev–Trinajstić information content (AvgIpc) is 2.97. The van der Waals surface area contributed by atoms with Gasteiger partial charge in [0, 0.05) is 18.9 Å². The Morgan fingerprint density at radius 2 is 1.95 bits per heavy atom. The molecule has 1 aromatic carbocycles. The number of benzene rings is 1. The summed E-state index contributed by atoms with van der Waals surface area (Å²) < 4.78 is 6.63. The lowest BCUT2D eigenvalue weighted by Gasteiger charge is -2.19. The Kier molecular flexibility index (Phi) is 4.94. The van der Waals surface area contributed by atoms with Crippen LogP contribution in [-0.2, 0) is 16.6 Å². The highest BCUT2D eigenvalue weighted by atomic mass is 16.5. The van der Waals surface area contributed by atoms with Crippen LogP contribution in [0.2, 0.25) is 0 Å². The number of esters is 1. The molecule has 1 aromatic heterocycles. The number of aromatic nitrogens is 1. The second-order valence-corrected chi connectivity index (χ2v) is 4.55. The van der Waals surface area contributed by atoms with E-state index in [1.54, 1.807) is 54.2 Å². The van der Waals surface area contributed by atoms with E-state index < -0.39 is 18.5 Å². The van der Waals surface area contributed by atoms with Crippen molar-refractivity contribution < 1.29 is 14.3 Å². The molecule has 1 amide bonds. The quantitative estimate of drug-likeness (QED) is 0.622. The molecule has 0 saturated carbocycles. The minimum atomic E-state index is -0.578. The molecule has 112 valence electrons. The van der Waals surface area contributed by atoms with Crippen LogP contribution in [0.1, 0.15) is 10.5 Å². The number of carbonyl (C=O) groups is 2. The van der Waals surface area contributed by atoms with Crippen LogP contribution in [0.5, 0.6) is 0 Å². The largest absolute Gasteiger partial charge is 0.451 e. The fraction of sp³-hybridized carbons (Fsp3) is 0.188. The number of anilines is 1. The Morgan fingerprint density at radius 1 is 1.23 bits per heavy atom. The predicted octanol–water partition coefficient (Wildman–Crippen LogP) is 1.74. The maximum atomic E-state index is 12.2. The zero-order chi connectivity index (χ0) is 15.9. The molecule has 0 unspecified atom stereocenters. The highest BCUT2D eigenvalue weighted by Gasteiger charge is 2.18. The number of hydrogen-bond acceptors (Lipinski definition) is 4. The highest BCUT2D eigenvalue weighted by molar-refractivity contribution is 5.97. The Balaban J connectivity index is 2.02. The minimum absolute atomic E-state index is 0.107. The van der Waals surface area contributed by atoms with Gasteiger partial charge in [-0.05, 0) is 24.3 Å². The lowest BCUT2D eigenvalue weighted by atomic mass is 10.3. The zero-order valence-corrected chi connectivity index (χ0v) is 12.1. The molecule has 0 N–H and O–H groups in total. The Labute approximate surface area is 128 Å². The zero-order valence-electron chi connectivity index (χ0n) is 12.1. The molecule has 6 heteroatoms. The molecule has 2 aromatic rings. The lowest BCUT2D eigenvalue weighted by Crippen LogP contribution is -2.35. The van der Waals surface area contributed by atoms with Crippen molar-refractivity contribution in [2.75, 3.05) is 18.1 Å². The molecule has 0 aliphatic carbocycles. The Morgan fingerprint density at radius 3 is 2.55 bits per heavy atom. The Bertz CT molecular complexity index is 701. The third-order valence-electron chi connectivity index (χ3n) is 3.08. The number of ether oxygens (including phenoxy) is 1. The molecule has 2 rings (SSSR count). The van der Waals surface area contributed by atoms with Gasteiger partial charge in [0.05, 0.1) is 6.07 Å². The van der Waals surface area contributed by atoms with Crippen LogP contribution in [0, 0.1) is 11.3 Å². The van der Waals surface area contributed by atoms with Gasteiger partial charge in [-0.3, -0.25) is 9.69 Å². The third-order valence-corrected chi connectivity index (χ3v) is 3.08. The van der Waals surface area contributed by atoms with Crippen molar-refractivity contribution in [3.05, 3.63) is 54.4 Å². The molecule has 0 spiro atoms. The summed E-state index contributed by atoms with van der Waals surface area (Å²) in [6.45, 7) is -0.523. The van der Waals surface area contributed by atoms with E-state index in [0.717, 1.165) is 0 Å². The van der Waals surface area contributed by atoms with Gasteiger partial charge in [-0.1, -0.05) is 18.2 Å². The average molecular weight is 297 g/mol. The summed E-state index contributed by atoms with van der Waals surface area (Å²) in [7, 11) is 1.71. The molecular weight excluding hydrogens is 282 g/mol. The van der Waals surface area contributed by atoms with Crippen molar-refractivity contribution >= 4 is 17.6 Å². The fourth-order valence-corrected chi connectivity index (χ4v) is 1.95. The van der Waals surface area contributed by atoms with E-state index in [2.05, 4.69) is 0 Å². The second kappa shape index (κ2) is 7.09.